The predicted molar refractivity (Wildman–Crippen MR) is 238 cm³/mol. The van der Waals surface area contributed by atoms with Gasteiger partial charge in [-0.05, 0) is 64.2 Å². The second-order valence-corrected chi connectivity index (χ2v) is 16.8. The largest absolute Gasteiger partial charge is 0.394 e. The third kappa shape index (κ3) is 27.8. The van der Waals surface area contributed by atoms with E-state index in [-0.39, 0.29) is 12.8 Å². The summed E-state index contributed by atoms with van der Waals surface area (Å²) >= 11 is 0. The van der Waals surface area contributed by atoms with Gasteiger partial charge in [0.15, 0.2) is 6.29 Å². The number of carbonyl (C=O) groups is 1. The first kappa shape index (κ1) is 55.3. The van der Waals surface area contributed by atoms with Crippen molar-refractivity contribution >= 4 is 5.91 Å². The van der Waals surface area contributed by atoms with Crippen molar-refractivity contribution in [1.29, 1.82) is 0 Å². The number of hydrogen-bond acceptors (Lipinski definition) is 10. The van der Waals surface area contributed by atoms with Crippen LogP contribution in [0.4, 0.5) is 0 Å². The predicted octanol–water partition coefficient (Wildman–Crippen LogP) is 8.00. The Morgan fingerprint density at radius 3 is 1.64 bits per heavy atom. The van der Waals surface area contributed by atoms with E-state index in [9.17, 15) is 40.5 Å². The van der Waals surface area contributed by atoms with Crippen LogP contribution in [-0.4, -0.2) is 110 Å². The van der Waals surface area contributed by atoms with E-state index in [0.29, 0.717) is 12.8 Å². The zero-order valence-corrected chi connectivity index (χ0v) is 37.2. The lowest BCUT2D eigenvalue weighted by molar-refractivity contribution is -0.303. The zero-order chi connectivity index (χ0) is 43.4. The fourth-order valence-corrected chi connectivity index (χ4v) is 7.48. The van der Waals surface area contributed by atoms with Crippen LogP contribution in [0.25, 0.3) is 0 Å². The van der Waals surface area contributed by atoms with E-state index in [1.54, 1.807) is 0 Å². The van der Waals surface area contributed by atoms with Crippen molar-refractivity contribution in [2.45, 2.75) is 249 Å². The van der Waals surface area contributed by atoms with E-state index in [2.05, 4.69) is 55.6 Å². The van der Waals surface area contributed by atoms with Crippen molar-refractivity contribution in [1.82, 2.24) is 5.32 Å². The Hall–Kier alpha value is -1.67. The zero-order valence-electron chi connectivity index (χ0n) is 37.2. The highest BCUT2D eigenvalue weighted by Crippen LogP contribution is 2.23. The maximum atomic E-state index is 13.1. The van der Waals surface area contributed by atoms with Gasteiger partial charge < -0.3 is 50.5 Å². The topological polar surface area (TPSA) is 189 Å². The van der Waals surface area contributed by atoms with Crippen LogP contribution in [0.3, 0.4) is 0 Å². The van der Waals surface area contributed by atoms with Crippen molar-refractivity contribution < 1.29 is 50.0 Å². The van der Waals surface area contributed by atoms with Gasteiger partial charge in [-0.1, -0.05) is 166 Å². The minimum absolute atomic E-state index is 0.253. The van der Waals surface area contributed by atoms with Gasteiger partial charge in [0.05, 0.1) is 25.4 Å². The third-order valence-electron chi connectivity index (χ3n) is 11.4. The summed E-state index contributed by atoms with van der Waals surface area (Å²) in [6.45, 7) is 3.31. The molecule has 0 radical (unpaired) electrons. The quantitative estimate of drug-likeness (QED) is 0.0223. The van der Waals surface area contributed by atoms with Crippen molar-refractivity contribution in [2.24, 2.45) is 0 Å². The number of aliphatic hydroxyl groups is 7. The second kappa shape index (κ2) is 38.0. The Kier molecular flexibility index (Phi) is 35.7. The summed E-state index contributed by atoms with van der Waals surface area (Å²) in [7, 11) is 0. The van der Waals surface area contributed by atoms with Gasteiger partial charge in [0.25, 0.3) is 0 Å². The van der Waals surface area contributed by atoms with E-state index in [1.165, 1.54) is 103 Å². The minimum Gasteiger partial charge on any atom is -0.394 e. The Labute approximate surface area is 358 Å². The molecule has 1 fully saturated rings. The molecule has 1 rings (SSSR count). The number of rotatable bonds is 39. The number of ether oxygens (including phenoxy) is 2. The van der Waals surface area contributed by atoms with Gasteiger partial charge in [-0.3, -0.25) is 4.79 Å². The second-order valence-electron chi connectivity index (χ2n) is 16.8. The molecule has 9 atom stereocenters. The molecule has 1 aliphatic heterocycles. The molecule has 11 nitrogen and oxygen atoms in total. The van der Waals surface area contributed by atoms with Crippen molar-refractivity contribution in [3.8, 4) is 0 Å². The van der Waals surface area contributed by atoms with Crippen molar-refractivity contribution in [2.75, 3.05) is 13.2 Å². The summed E-state index contributed by atoms with van der Waals surface area (Å²) < 4.78 is 11.1. The van der Waals surface area contributed by atoms with Crippen LogP contribution >= 0.6 is 0 Å². The van der Waals surface area contributed by atoms with E-state index < -0.39 is 74.2 Å². The Balaban J connectivity index is 2.41. The first-order valence-corrected chi connectivity index (χ1v) is 23.9. The third-order valence-corrected chi connectivity index (χ3v) is 11.4. The highest BCUT2D eigenvalue weighted by molar-refractivity contribution is 5.80. The summed E-state index contributed by atoms with van der Waals surface area (Å²) in [4.78, 5) is 13.1. The molecule has 0 spiro atoms. The van der Waals surface area contributed by atoms with Gasteiger partial charge >= 0.3 is 0 Å². The van der Waals surface area contributed by atoms with E-state index >= 15 is 0 Å². The summed E-state index contributed by atoms with van der Waals surface area (Å²) in [5.41, 5.74) is 0. The van der Waals surface area contributed by atoms with E-state index in [0.717, 1.165) is 51.4 Å². The van der Waals surface area contributed by atoms with Gasteiger partial charge in [-0.25, -0.2) is 0 Å². The fourth-order valence-electron chi connectivity index (χ4n) is 7.48. The fraction of sp³-hybridized carbons (Fsp3) is 0.854. The monoisotopic (exact) mass is 840 g/mol. The molecule has 0 aromatic heterocycles. The van der Waals surface area contributed by atoms with E-state index in [1.807, 2.05) is 0 Å². The van der Waals surface area contributed by atoms with Crippen LogP contribution in [0.5, 0.6) is 0 Å². The highest BCUT2D eigenvalue weighted by atomic mass is 16.7. The van der Waals surface area contributed by atoms with Gasteiger partial charge in [0.1, 0.15) is 36.6 Å². The summed E-state index contributed by atoms with van der Waals surface area (Å²) in [5.74, 6) is -0.709. The van der Waals surface area contributed by atoms with Gasteiger partial charge in [0.2, 0.25) is 5.91 Å². The number of aliphatic hydroxyl groups excluding tert-OH is 7. The molecule has 0 bridgehead atoms. The summed E-state index contributed by atoms with van der Waals surface area (Å²) in [6, 6.07) is -1.18. The van der Waals surface area contributed by atoms with Crippen LogP contribution in [-0.2, 0) is 14.3 Å². The number of carbonyl (C=O) groups excluding carboxylic acids is 1. The number of nitrogens with one attached hydrogen (secondary N) is 1. The molecule has 0 aromatic rings. The van der Waals surface area contributed by atoms with Crippen molar-refractivity contribution in [3.63, 3.8) is 0 Å². The number of amides is 1. The number of allylic oxidation sites excluding steroid dienone is 6. The summed E-state index contributed by atoms with van der Waals surface area (Å²) in [6.07, 6.45) is 32.0. The molecule has 59 heavy (non-hydrogen) atoms. The molecule has 1 saturated heterocycles. The lowest BCUT2D eigenvalue weighted by atomic mass is 9.98. The maximum Gasteiger partial charge on any atom is 0.249 e. The van der Waals surface area contributed by atoms with Crippen LogP contribution in [0.2, 0.25) is 0 Å². The van der Waals surface area contributed by atoms with Crippen LogP contribution in [0.1, 0.15) is 194 Å². The molecule has 346 valence electrons. The molecule has 1 amide bonds. The van der Waals surface area contributed by atoms with E-state index in [4.69, 9.17) is 9.47 Å². The SMILES string of the molecule is CC/C=C\C/C=C\CCCCCCCCCCCCCCCC(O)C(=O)NC(COC1OC(CO)C(O)C(O)C1O)C(O)C(O)CCC/C=C/CCCCCCCCC. The Bertz CT molecular complexity index is 1050. The average molecular weight is 840 g/mol. The normalized spacial score (nSPS) is 22.1. The molecule has 1 aliphatic rings. The molecular weight excluding hydrogens is 751 g/mol. The van der Waals surface area contributed by atoms with Crippen molar-refractivity contribution in [3.05, 3.63) is 36.5 Å². The standard InChI is InChI=1S/C48H89NO10/c1-3-5-7-9-11-13-15-17-18-19-20-21-22-23-24-26-28-30-32-34-36-41(52)47(57)49-39(38-58-48-46(56)45(55)44(54)42(37-50)59-48)43(53)40(51)35-33-31-29-27-25-16-14-12-10-8-6-4-2/h5,7,11,13,27,29,39-46,48,50-56H,3-4,6,8-10,12,14-26,28,30-38H2,1-2H3,(H,49,57)/b7-5-,13-11-,29-27+. The molecule has 0 aromatic carbocycles. The Morgan fingerprint density at radius 2 is 1.10 bits per heavy atom. The van der Waals surface area contributed by atoms with Crippen LogP contribution in [0.15, 0.2) is 36.5 Å². The first-order chi connectivity index (χ1) is 28.7. The molecule has 9 unspecified atom stereocenters. The molecule has 11 heteroatoms. The lowest BCUT2D eigenvalue weighted by Gasteiger charge is -2.40. The van der Waals surface area contributed by atoms with Gasteiger partial charge in [0, 0.05) is 0 Å². The summed E-state index contributed by atoms with van der Waals surface area (Å²) in [5, 5.41) is 75.6. The molecule has 1 heterocycles. The number of unbranched alkanes of at least 4 members (excludes halogenated alkanes) is 21. The Morgan fingerprint density at radius 1 is 0.610 bits per heavy atom. The highest BCUT2D eigenvalue weighted by Gasteiger charge is 2.44. The van der Waals surface area contributed by atoms with Crippen LogP contribution < -0.4 is 5.32 Å². The van der Waals surface area contributed by atoms with Crippen LogP contribution in [0, 0.1) is 0 Å². The molecule has 0 saturated carbocycles. The molecular formula is C48H89NO10. The number of hydrogen-bond donors (Lipinski definition) is 8. The smallest absolute Gasteiger partial charge is 0.249 e. The average Bonchev–Trinajstić information content (AvgIpc) is 3.23. The van der Waals surface area contributed by atoms with Gasteiger partial charge in [-0.15, -0.1) is 0 Å². The molecule has 0 aliphatic carbocycles. The first-order valence-electron chi connectivity index (χ1n) is 23.9. The lowest BCUT2D eigenvalue weighted by Crippen LogP contribution is -2.60. The van der Waals surface area contributed by atoms with Gasteiger partial charge in [-0.2, -0.15) is 0 Å². The minimum atomic E-state index is -1.67. The molecule has 8 N–H and O–H groups in total. The maximum absolute atomic E-state index is 13.1.